The minimum atomic E-state index is -0.535. The fourth-order valence-electron chi connectivity index (χ4n) is 2.79. The largest absolute Gasteiger partial charge is 0.464 e. The second-order valence-electron chi connectivity index (χ2n) is 6.07. The van der Waals surface area contributed by atoms with Crippen LogP contribution in [0.3, 0.4) is 0 Å². The summed E-state index contributed by atoms with van der Waals surface area (Å²) in [6, 6.07) is 6.74. The minimum absolute atomic E-state index is 0.0380. The lowest BCUT2D eigenvalue weighted by Gasteiger charge is -2.16. The molecule has 2 N–H and O–H groups in total. The van der Waals surface area contributed by atoms with Gasteiger partial charge in [0.1, 0.15) is 16.3 Å². The molecule has 3 rings (SSSR count). The summed E-state index contributed by atoms with van der Waals surface area (Å²) in [6.07, 6.45) is 1.55. The number of carbonyl (C=O) groups is 3. The number of thiophene rings is 2. The lowest BCUT2D eigenvalue weighted by molar-refractivity contribution is -0.120. The van der Waals surface area contributed by atoms with Crippen LogP contribution in [-0.4, -0.2) is 24.4 Å². The van der Waals surface area contributed by atoms with Crippen molar-refractivity contribution in [3.63, 3.8) is 0 Å². The molecule has 0 bridgehead atoms. The molecule has 152 valence electrons. The van der Waals surface area contributed by atoms with Gasteiger partial charge in [-0.05, 0) is 30.5 Å². The smallest absolute Gasteiger partial charge is 0.341 e. The van der Waals surface area contributed by atoms with Crippen LogP contribution in [0.1, 0.15) is 41.5 Å². The van der Waals surface area contributed by atoms with E-state index in [0.717, 1.165) is 4.88 Å². The van der Waals surface area contributed by atoms with Gasteiger partial charge in [0.05, 0.1) is 25.3 Å². The highest BCUT2D eigenvalue weighted by molar-refractivity contribution is 7.15. The molecule has 1 unspecified atom stereocenters. The van der Waals surface area contributed by atoms with Gasteiger partial charge in [0.15, 0.2) is 0 Å². The molecule has 0 fully saturated rings. The van der Waals surface area contributed by atoms with Gasteiger partial charge < -0.3 is 19.8 Å². The molecule has 7 nitrogen and oxygen atoms in total. The summed E-state index contributed by atoms with van der Waals surface area (Å²) in [5.74, 6) is -0.568. The summed E-state index contributed by atoms with van der Waals surface area (Å²) in [4.78, 5) is 37.6. The third-order valence-electron chi connectivity index (χ3n) is 3.96. The lowest BCUT2D eigenvalue weighted by Crippen LogP contribution is -2.29. The van der Waals surface area contributed by atoms with Crippen molar-refractivity contribution in [2.24, 2.45) is 0 Å². The van der Waals surface area contributed by atoms with Gasteiger partial charge in [0.25, 0.3) is 0 Å². The van der Waals surface area contributed by atoms with Gasteiger partial charge in [-0.3, -0.25) is 9.59 Å². The number of hydrogen-bond acceptors (Lipinski definition) is 7. The molecule has 29 heavy (non-hydrogen) atoms. The van der Waals surface area contributed by atoms with Crippen LogP contribution in [0, 0.1) is 0 Å². The molecule has 0 aliphatic carbocycles. The maximum absolute atomic E-state index is 12.7. The van der Waals surface area contributed by atoms with Crippen molar-refractivity contribution in [3.05, 3.63) is 51.7 Å². The molecule has 3 aromatic rings. The summed E-state index contributed by atoms with van der Waals surface area (Å²) < 4.78 is 10.6. The molecule has 0 saturated carbocycles. The van der Waals surface area contributed by atoms with Gasteiger partial charge >= 0.3 is 5.97 Å². The first-order valence-electron chi connectivity index (χ1n) is 8.92. The van der Waals surface area contributed by atoms with E-state index in [1.807, 2.05) is 17.5 Å². The molecule has 0 radical (unpaired) electrons. The van der Waals surface area contributed by atoms with Gasteiger partial charge in [-0.2, -0.15) is 0 Å². The topological polar surface area (TPSA) is 97.6 Å². The average molecular weight is 433 g/mol. The number of ether oxygens (including phenoxy) is 1. The molecule has 3 aromatic heterocycles. The van der Waals surface area contributed by atoms with Crippen LogP contribution in [0.5, 0.6) is 0 Å². The summed E-state index contributed by atoms with van der Waals surface area (Å²) in [5.41, 5.74) is 0.817. The SMILES string of the molecule is CCOC(=O)c1c(-c2ccco2)csc1NC(=O)CC(NC(C)=O)c1cccs1. The Kier molecular flexibility index (Phi) is 6.84. The zero-order chi connectivity index (χ0) is 20.8. The number of hydrogen-bond donors (Lipinski definition) is 2. The van der Waals surface area contributed by atoms with E-state index >= 15 is 0 Å². The fourth-order valence-corrected chi connectivity index (χ4v) is 4.52. The van der Waals surface area contributed by atoms with E-state index < -0.39 is 12.0 Å². The van der Waals surface area contributed by atoms with Crippen LogP contribution in [0.25, 0.3) is 11.3 Å². The van der Waals surface area contributed by atoms with Crippen molar-refractivity contribution in [2.75, 3.05) is 11.9 Å². The number of furan rings is 1. The van der Waals surface area contributed by atoms with Crippen molar-refractivity contribution >= 4 is 45.5 Å². The molecule has 0 aliphatic heterocycles. The van der Waals surface area contributed by atoms with Crippen LogP contribution in [0.15, 0.2) is 45.7 Å². The number of esters is 1. The number of amides is 2. The van der Waals surface area contributed by atoms with Crippen molar-refractivity contribution in [3.8, 4) is 11.3 Å². The Morgan fingerprint density at radius 1 is 1.21 bits per heavy atom. The van der Waals surface area contributed by atoms with Gasteiger partial charge in [-0.15, -0.1) is 22.7 Å². The molecule has 0 saturated heterocycles. The van der Waals surface area contributed by atoms with Crippen molar-refractivity contribution in [2.45, 2.75) is 26.3 Å². The molecular formula is C20H20N2O5S2. The van der Waals surface area contributed by atoms with Crippen LogP contribution in [0.4, 0.5) is 5.00 Å². The third-order valence-corrected chi connectivity index (χ3v) is 5.85. The molecule has 1 atom stereocenters. The van der Waals surface area contributed by atoms with E-state index in [1.54, 1.807) is 24.4 Å². The Morgan fingerprint density at radius 2 is 2.03 bits per heavy atom. The Labute approximate surface area is 175 Å². The van der Waals surface area contributed by atoms with E-state index in [4.69, 9.17) is 9.15 Å². The molecule has 0 aromatic carbocycles. The molecular weight excluding hydrogens is 412 g/mol. The third kappa shape index (κ3) is 5.12. The first kappa shape index (κ1) is 20.8. The highest BCUT2D eigenvalue weighted by atomic mass is 32.1. The Morgan fingerprint density at radius 3 is 2.66 bits per heavy atom. The number of nitrogens with one attached hydrogen (secondary N) is 2. The maximum atomic E-state index is 12.7. The van der Waals surface area contributed by atoms with Crippen LogP contribution in [0.2, 0.25) is 0 Å². The average Bonchev–Trinajstić information content (AvgIpc) is 3.42. The lowest BCUT2D eigenvalue weighted by atomic mass is 10.1. The van der Waals surface area contributed by atoms with Gasteiger partial charge in [0.2, 0.25) is 11.8 Å². The van der Waals surface area contributed by atoms with Gasteiger partial charge in [-0.1, -0.05) is 6.07 Å². The Bertz CT molecular complexity index is 977. The predicted molar refractivity (Wildman–Crippen MR) is 112 cm³/mol. The molecule has 3 heterocycles. The number of rotatable bonds is 8. The van der Waals surface area contributed by atoms with Crippen molar-refractivity contribution in [1.82, 2.24) is 5.32 Å². The zero-order valence-electron chi connectivity index (χ0n) is 15.9. The highest BCUT2D eigenvalue weighted by Crippen LogP contribution is 2.36. The van der Waals surface area contributed by atoms with E-state index in [-0.39, 0.29) is 30.4 Å². The van der Waals surface area contributed by atoms with Crippen molar-refractivity contribution < 1.29 is 23.5 Å². The van der Waals surface area contributed by atoms with Gasteiger partial charge in [0, 0.05) is 22.7 Å². The number of anilines is 1. The molecule has 9 heteroatoms. The zero-order valence-corrected chi connectivity index (χ0v) is 17.5. The summed E-state index contributed by atoms with van der Waals surface area (Å²) in [7, 11) is 0. The van der Waals surface area contributed by atoms with E-state index in [1.165, 1.54) is 35.9 Å². The number of carbonyl (C=O) groups excluding carboxylic acids is 3. The quantitative estimate of drug-likeness (QED) is 0.513. The van der Waals surface area contributed by atoms with Crippen LogP contribution >= 0.6 is 22.7 Å². The fraction of sp³-hybridized carbons (Fsp3) is 0.250. The highest BCUT2D eigenvalue weighted by Gasteiger charge is 2.25. The Balaban J connectivity index is 1.82. The summed E-state index contributed by atoms with van der Waals surface area (Å²) in [6.45, 7) is 3.34. The van der Waals surface area contributed by atoms with Crippen LogP contribution < -0.4 is 10.6 Å². The first-order valence-corrected chi connectivity index (χ1v) is 10.7. The van der Waals surface area contributed by atoms with E-state index in [9.17, 15) is 14.4 Å². The summed E-state index contributed by atoms with van der Waals surface area (Å²) >= 11 is 2.68. The maximum Gasteiger partial charge on any atom is 0.341 e. The summed E-state index contributed by atoms with van der Waals surface area (Å²) in [5, 5.41) is 9.59. The standard InChI is InChI=1S/C20H20N2O5S2/c1-3-26-20(25)18-13(15-6-4-8-27-15)11-29-19(18)22-17(24)10-14(21-12(2)23)16-7-5-9-28-16/h4-9,11,14H,3,10H2,1-2H3,(H,21,23)(H,22,24). The normalized spacial score (nSPS) is 11.7. The van der Waals surface area contributed by atoms with Gasteiger partial charge in [-0.25, -0.2) is 4.79 Å². The molecule has 2 amide bonds. The monoisotopic (exact) mass is 432 g/mol. The second-order valence-corrected chi connectivity index (χ2v) is 7.93. The molecule has 0 aliphatic rings. The predicted octanol–water partition coefficient (Wildman–Crippen LogP) is 4.45. The van der Waals surface area contributed by atoms with E-state index in [0.29, 0.717) is 16.3 Å². The van der Waals surface area contributed by atoms with Crippen molar-refractivity contribution in [1.29, 1.82) is 0 Å². The first-order chi connectivity index (χ1) is 14.0. The second kappa shape index (κ2) is 9.53. The Hall–Kier alpha value is -2.91. The molecule has 0 spiro atoms. The van der Waals surface area contributed by atoms with Crippen LogP contribution in [-0.2, 0) is 14.3 Å². The minimum Gasteiger partial charge on any atom is -0.464 e. The van der Waals surface area contributed by atoms with E-state index in [2.05, 4.69) is 10.6 Å².